The SMILES string of the molecule is CCN1C(=O)C(O)=C(C(=O)O)N(C2CC2(C(N)=O)c2ccc(F)cc2)C1c1ccc(C)cc1. The van der Waals surface area contributed by atoms with Crippen LogP contribution in [0.25, 0.3) is 0 Å². The first-order chi connectivity index (χ1) is 15.6. The Balaban J connectivity index is 1.92. The Morgan fingerprint density at radius 2 is 1.76 bits per heavy atom. The molecule has 1 aliphatic carbocycles. The molecule has 4 N–H and O–H groups in total. The van der Waals surface area contributed by atoms with Crippen molar-refractivity contribution in [2.75, 3.05) is 6.54 Å². The molecule has 4 rings (SSSR count). The highest BCUT2D eigenvalue weighted by molar-refractivity contribution is 6.02. The summed E-state index contributed by atoms with van der Waals surface area (Å²) in [6.45, 7) is 3.79. The highest BCUT2D eigenvalue weighted by atomic mass is 19.1. The molecule has 1 saturated carbocycles. The summed E-state index contributed by atoms with van der Waals surface area (Å²) in [5, 5.41) is 20.5. The van der Waals surface area contributed by atoms with Crippen LogP contribution in [0.2, 0.25) is 0 Å². The van der Waals surface area contributed by atoms with Gasteiger partial charge < -0.3 is 25.7 Å². The molecule has 33 heavy (non-hydrogen) atoms. The maximum Gasteiger partial charge on any atom is 0.356 e. The number of primary amides is 1. The van der Waals surface area contributed by atoms with Crippen LogP contribution in [0, 0.1) is 12.7 Å². The van der Waals surface area contributed by atoms with Crippen molar-refractivity contribution in [3.63, 3.8) is 0 Å². The number of amides is 2. The van der Waals surface area contributed by atoms with Gasteiger partial charge in [0.05, 0.1) is 11.5 Å². The van der Waals surface area contributed by atoms with Gasteiger partial charge in [0.25, 0.3) is 5.91 Å². The Kier molecular flexibility index (Phi) is 5.35. The molecule has 0 saturated heterocycles. The number of nitrogens with two attached hydrogens (primary N) is 1. The molecule has 2 aromatic carbocycles. The number of hydrogen-bond acceptors (Lipinski definition) is 5. The molecule has 0 spiro atoms. The van der Waals surface area contributed by atoms with Gasteiger partial charge >= 0.3 is 5.97 Å². The second kappa shape index (κ2) is 7.91. The summed E-state index contributed by atoms with van der Waals surface area (Å²) in [6, 6.07) is 11.7. The van der Waals surface area contributed by atoms with Crippen LogP contribution >= 0.6 is 0 Å². The number of nitrogens with zero attached hydrogens (tertiary/aromatic N) is 2. The minimum absolute atomic E-state index is 0.145. The summed E-state index contributed by atoms with van der Waals surface area (Å²) in [4.78, 5) is 40.6. The molecule has 1 aliphatic heterocycles. The van der Waals surface area contributed by atoms with E-state index in [4.69, 9.17) is 5.73 Å². The zero-order valence-corrected chi connectivity index (χ0v) is 18.2. The van der Waals surface area contributed by atoms with Crippen molar-refractivity contribution < 1.29 is 29.0 Å². The number of halogens is 1. The van der Waals surface area contributed by atoms with E-state index < -0.39 is 52.7 Å². The van der Waals surface area contributed by atoms with Crippen LogP contribution in [0.15, 0.2) is 60.0 Å². The van der Waals surface area contributed by atoms with E-state index in [1.54, 1.807) is 19.1 Å². The Morgan fingerprint density at radius 1 is 1.15 bits per heavy atom. The van der Waals surface area contributed by atoms with E-state index in [9.17, 15) is 29.0 Å². The minimum Gasteiger partial charge on any atom is -0.501 e. The molecule has 1 heterocycles. The van der Waals surface area contributed by atoms with Gasteiger partial charge in [-0.2, -0.15) is 0 Å². The molecule has 9 heteroatoms. The molecule has 0 radical (unpaired) electrons. The van der Waals surface area contributed by atoms with Crippen molar-refractivity contribution in [3.05, 3.63) is 82.5 Å². The van der Waals surface area contributed by atoms with Gasteiger partial charge in [0.2, 0.25) is 11.7 Å². The van der Waals surface area contributed by atoms with Gasteiger partial charge in [0.15, 0.2) is 5.70 Å². The molecule has 1 fully saturated rings. The smallest absolute Gasteiger partial charge is 0.356 e. The average Bonchev–Trinajstić information content (AvgIpc) is 3.53. The van der Waals surface area contributed by atoms with Gasteiger partial charge in [-0.25, -0.2) is 9.18 Å². The fourth-order valence-electron chi connectivity index (χ4n) is 4.72. The number of benzene rings is 2. The number of aliphatic hydroxyl groups is 1. The fourth-order valence-corrected chi connectivity index (χ4v) is 4.72. The first-order valence-electron chi connectivity index (χ1n) is 10.5. The third-order valence-electron chi connectivity index (χ3n) is 6.48. The van der Waals surface area contributed by atoms with Gasteiger partial charge in [-0.3, -0.25) is 9.59 Å². The monoisotopic (exact) mass is 453 g/mol. The molecule has 2 aromatic rings. The van der Waals surface area contributed by atoms with Gasteiger partial charge in [-0.1, -0.05) is 42.0 Å². The van der Waals surface area contributed by atoms with Crippen molar-refractivity contribution in [1.82, 2.24) is 9.80 Å². The second-order valence-corrected chi connectivity index (χ2v) is 8.35. The molecular weight excluding hydrogens is 429 g/mol. The van der Waals surface area contributed by atoms with Crippen molar-refractivity contribution in [2.45, 2.75) is 37.9 Å². The van der Waals surface area contributed by atoms with E-state index in [-0.39, 0.29) is 13.0 Å². The summed E-state index contributed by atoms with van der Waals surface area (Å²) in [6.07, 6.45) is -0.747. The van der Waals surface area contributed by atoms with Crippen LogP contribution in [0.1, 0.15) is 36.2 Å². The quantitative estimate of drug-likeness (QED) is 0.617. The van der Waals surface area contributed by atoms with Crippen LogP contribution < -0.4 is 5.73 Å². The lowest BCUT2D eigenvalue weighted by atomic mass is 9.93. The van der Waals surface area contributed by atoms with E-state index in [1.165, 1.54) is 34.1 Å². The highest BCUT2D eigenvalue weighted by Gasteiger charge is 2.66. The zero-order valence-electron chi connectivity index (χ0n) is 18.2. The molecule has 2 aliphatic rings. The van der Waals surface area contributed by atoms with Gasteiger partial charge in [-0.05, 0) is 43.5 Å². The lowest BCUT2D eigenvalue weighted by Gasteiger charge is -2.45. The number of rotatable bonds is 6. The number of aliphatic carboxylic acids is 1. The maximum absolute atomic E-state index is 13.5. The van der Waals surface area contributed by atoms with E-state index in [0.717, 1.165) is 5.56 Å². The number of likely N-dealkylation sites (N-methyl/N-ethyl adjacent to an activating group) is 1. The number of carbonyl (C=O) groups excluding carboxylic acids is 2. The normalized spacial score (nSPS) is 24.8. The highest BCUT2D eigenvalue weighted by Crippen LogP contribution is 2.56. The molecule has 2 amide bonds. The lowest BCUT2D eigenvalue weighted by Crippen LogP contribution is -2.53. The van der Waals surface area contributed by atoms with Crippen LogP contribution in [0.4, 0.5) is 4.39 Å². The third kappa shape index (κ3) is 3.40. The predicted octanol–water partition coefficient (Wildman–Crippen LogP) is 2.35. The molecular formula is C24H24FN3O5. The van der Waals surface area contributed by atoms with Gasteiger partial charge in [0.1, 0.15) is 12.0 Å². The molecule has 3 unspecified atom stereocenters. The number of aryl methyl sites for hydroxylation is 1. The number of aliphatic hydroxyl groups excluding tert-OH is 1. The van der Waals surface area contributed by atoms with E-state index in [0.29, 0.717) is 11.1 Å². The number of hydrogen-bond donors (Lipinski definition) is 3. The summed E-state index contributed by atoms with van der Waals surface area (Å²) in [5.74, 6) is -4.41. The average molecular weight is 453 g/mol. The van der Waals surface area contributed by atoms with Crippen LogP contribution in [0.5, 0.6) is 0 Å². The van der Waals surface area contributed by atoms with Crippen molar-refractivity contribution in [2.24, 2.45) is 5.73 Å². The van der Waals surface area contributed by atoms with Crippen molar-refractivity contribution in [3.8, 4) is 0 Å². The topological polar surface area (TPSA) is 124 Å². The zero-order chi connectivity index (χ0) is 24.1. The predicted molar refractivity (Wildman–Crippen MR) is 116 cm³/mol. The van der Waals surface area contributed by atoms with Crippen molar-refractivity contribution >= 4 is 17.8 Å². The number of carboxylic acids is 1. The first-order valence-corrected chi connectivity index (χ1v) is 10.5. The molecule has 0 bridgehead atoms. The Bertz CT molecular complexity index is 1160. The number of carboxylic acid groups (broad SMARTS) is 1. The van der Waals surface area contributed by atoms with Crippen LogP contribution in [0.3, 0.4) is 0 Å². The Labute approximate surface area is 189 Å². The van der Waals surface area contributed by atoms with E-state index in [1.807, 2.05) is 19.1 Å². The van der Waals surface area contributed by atoms with Gasteiger partial charge in [0, 0.05) is 6.54 Å². The third-order valence-corrected chi connectivity index (χ3v) is 6.48. The second-order valence-electron chi connectivity index (χ2n) is 8.35. The number of carbonyl (C=O) groups is 3. The summed E-state index contributed by atoms with van der Waals surface area (Å²) < 4.78 is 13.5. The summed E-state index contributed by atoms with van der Waals surface area (Å²) >= 11 is 0. The molecule has 0 aromatic heterocycles. The van der Waals surface area contributed by atoms with Crippen LogP contribution in [-0.4, -0.2) is 50.4 Å². The lowest BCUT2D eigenvalue weighted by molar-refractivity contribution is -0.147. The molecule has 172 valence electrons. The fraction of sp³-hybridized carbons (Fsp3) is 0.292. The Morgan fingerprint density at radius 3 is 2.27 bits per heavy atom. The maximum atomic E-state index is 13.5. The van der Waals surface area contributed by atoms with Crippen LogP contribution in [-0.2, 0) is 19.8 Å². The summed E-state index contributed by atoms with van der Waals surface area (Å²) in [7, 11) is 0. The minimum atomic E-state index is -1.50. The first kappa shape index (κ1) is 22.3. The van der Waals surface area contributed by atoms with Crippen molar-refractivity contribution in [1.29, 1.82) is 0 Å². The molecule has 3 atom stereocenters. The van der Waals surface area contributed by atoms with E-state index >= 15 is 0 Å². The van der Waals surface area contributed by atoms with E-state index in [2.05, 4.69) is 0 Å². The molecule has 8 nitrogen and oxygen atoms in total. The van der Waals surface area contributed by atoms with Gasteiger partial charge in [-0.15, -0.1) is 0 Å². The summed E-state index contributed by atoms with van der Waals surface area (Å²) in [5.41, 5.74) is 5.91. The standard InChI is InChI=1S/C24H24FN3O5/c1-3-27-20(14-6-4-13(2)5-7-14)28(18(22(31)32)19(29)21(27)30)17-12-24(17,23(26)33)15-8-10-16(25)11-9-15/h4-11,17,20,29H,3,12H2,1-2H3,(H2,26,33)(H,31,32). The largest absolute Gasteiger partial charge is 0.501 e. The Hall–Kier alpha value is -3.88.